The highest BCUT2D eigenvalue weighted by molar-refractivity contribution is 5.53. The van der Waals surface area contributed by atoms with E-state index in [1.807, 2.05) is 37.8 Å². The molecule has 0 aliphatic heterocycles. The van der Waals surface area contributed by atoms with Gasteiger partial charge in [-0.05, 0) is 37.6 Å². The lowest BCUT2D eigenvalue weighted by molar-refractivity contribution is 0.475. The summed E-state index contributed by atoms with van der Waals surface area (Å²) in [7, 11) is 1.94. The maximum atomic E-state index is 9.33. The van der Waals surface area contributed by atoms with Crippen LogP contribution in [0.25, 0.3) is 0 Å². The number of aryl methyl sites for hydroxylation is 2. The highest BCUT2D eigenvalue weighted by Crippen LogP contribution is 2.21. The van der Waals surface area contributed by atoms with Crippen molar-refractivity contribution in [1.29, 1.82) is 0 Å². The Labute approximate surface area is 101 Å². The lowest BCUT2D eigenvalue weighted by Crippen LogP contribution is -2.02. The average Bonchev–Trinajstić information content (AvgIpc) is 2.59. The van der Waals surface area contributed by atoms with E-state index in [4.69, 9.17) is 0 Å². The molecule has 2 rings (SSSR count). The summed E-state index contributed by atoms with van der Waals surface area (Å²) in [4.78, 5) is 0. The molecule has 0 spiro atoms. The number of hydrogen-bond acceptors (Lipinski definition) is 3. The van der Waals surface area contributed by atoms with Gasteiger partial charge < -0.3 is 10.4 Å². The Morgan fingerprint density at radius 2 is 2.12 bits per heavy atom. The number of anilines is 1. The first-order valence-corrected chi connectivity index (χ1v) is 5.59. The molecule has 0 saturated heterocycles. The van der Waals surface area contributed by atoms with E-state index in [1.54, 1.807) is 12.1 Å². The van der Waals surface area contributed by atoms with Crippen LogP contribution in [0.1, 0.15) is 16.8 Å². The zero-order valence-corrected chi connectivity index (χ0v) is 10.4. The number of rotatable bonds is 3. The molecule has 1 aromatic heterocycles. The summed E-state index contributed by atoms with van der Waals surface area (Å²) < 4.78 is 1.86. The van der Waals surface area contributed by atoms with Crippen molar-refractivity contribution < 1.29 is 5.11 Å². The average molecular weight is 231 g/mol. The molecule has 0 bridgehead atoms. The summed E-state index contributed by atoms with van der Waals surface area (Å²) in [6.45, 7) is 4.76. The first kappa shape index (κ1) is 11.5. The van der Waals surface area contributed by atoms with Crippen LogP contribution in [0.2, 0.25) is 0 Å². The molecule has 0 atom stereocenters. The Kier molecular flexibility index (Phi) is 3.04. The van der Waals surface area contributed by atoms with Crippen LogP contribution in [0.4, 0.5) is 5.69 Å². The largest absolute Gasteiger partial charge is 0.508 e. The van der Waals surface area contributed by atoms with Crippen molar-refractivity contribution in [3.05, 3.63) is 41.2 Å². The molecule has 4 heteroatoms. The van der Waals surface area contributed by atoms with Gasteiger partial charge in [0.2, 0.25) is 0 Å². The molecule has 0 fully saturated rings. The fourth-order valence-electron chi connectivity index (χ4n) is 1.75. The number of nitrogens with zero attached hydrogens (tertiary/aromatic N) is 2. The third-order valence-electron chi connectivity index (χ3n) is 3.02. The molecular weight excluding hydrogens is 214 g/mol. The summed E-state index contributed by atoms with van der Waals surface area (Å²) in [6.07, 6.45) is 1.87. The van der Waals surface area contributed by atoms with E-state index in [0.29, 0.717) is 5.75 Å². The van der Waals surface area contributed by atoms with E-state index in [9.17, 15) is 5.11 Å². The molecule has 1 heterocycles. The highest BCUT2D eigenvalue weighted by atomic mass is 16.3. The Hall–Kier alpha value is -1.97. The number of benzene rings is 1. The summed E-state index contributed by atoms with van der Waals surface area (Å²) >= 11 is 0. The highest BCUT2D eigenvalue weighted by Gasteiger charge is 2.04. The number of aromatic nitrogens is 2. The second-order valence-electron chi connectivity index (χ2n) is 4.23. The van der Waals surface area contributed by atoms with Crippen LogP contribution in [-0.4, -0.2) is 14.9 Å². The zero-order valence-electron chi connectivity index (χ0n) is 10.4. The maximum absolute atomic E-state index is 9.33. The summed E-state index contributed by atoms with van der Waals surface area (Å²) in [5, 5.41) is 16.9. The Morgan fingerprint density at radius 3 is 2.71 bits per heavy atom. The fraction of sp³-hybridized carbons (Fsp3) is 0.308. The molecule has 0 aliphatic rings. The Balaban J connectivity index is 2.10. The van der Waals surface area contributed by atoms with Gasteiger partial charge in [0.05, 0.1) is 6.20 Å². The molecule has 17 heavy (non-hydrogen) atoms. The second kappa shape index (κ2) is 4.49. The lowest BCUT2D eigenvalue weighted by Gasteiger charge is -2.09. The molecule has 2 aromatic rings. The SMILES string of the molecule is Cc1cc(O)ccc1NCc1cnn(C)c1C. The van der Waals surface area contributed by atoms with Gasteiger partial charge >= 0.3 is 0 Å². The quantitative estimate of drug-likeness (QED) is 0.797. The van der Waals surface area contributed by atoms with Crippen molar-refractivity contribution in [2.75, 3.05) is 5.32 Å². The molecule has 1 aromatic carbocycles. The molecule has 0 aliphatic carbocycles. The van der Waals surface area contributed by atoms with Gasteiger partial charge in [-0.3, -0.25) is 4.68 Å². The van der Waals surface area contributed by atoms with Crippen molar-refractivity contribution in [2.24, 2.45) is 7.05 Å². The van der Waals surface area contributed by atoms with E-state index in [0.717, 1.165) is 23.5 Å². The molecule has 90 valence electrons. The van der Waals surface area contributed by atoms with Crippen molar-refractivity contribution in [3.8, 4) is 5.75 Å². The molecule has 4 nitrogen and oxygen atoms in total. The van der Waals surface area contributed by atoms with Crippen molar-refractivity contribution >= 4 is 5.69 Å². The number of nitrogens with one attached hydrogen (secondary N) is 1. The van der Waals surface area contributed by atoms with Gasteiger partial charge in [-0.1, -0.05) is 0 Å². The third kappa shape index (κ3) is 2.41. The number of phenols is 1. The van der Waals surface area contributed by atoms with Crippen LogP contribution in [0.5, 0.6) is 5.75 Å². The molecular formula is C13H17N3O. The van der Waals surface area contributed by atoms with Crippen LogP contribution in [-0.2, 0) is 13.6 Å². The Morgan fingerprint density at radius 1 is 1.35 bits per heavy atom. The lowest BCUT2D eigenvalue weighted by atomic mass is 10.2. The summed E-state index contributed by atoms with van der Waals surface area (Å²) in [6, 6.07) is 5.32. The van der Waals surface area contributed by atoms with Gasteiger partial charge in [-0.2, -0.15) is 5.10 Å². The number of hydrogen-bond donors (Lipinski definition) is 2. The predicted molar refractivity (Wildman–Crippen MR) is 68.1 cm³/mol. The van der Waals surface area contributed by atoms with Crippen molar-refractivity contribution in [3.63, 3.8) is 0 Å². The van der Waals surface area contributed by atoms with Gasteiger partial charge in [-0.25, -0.2) is 0 Å². The predicted octanol–water partition coefficient (Wildman–Crippen LogP) is 2.35. The van der Waals surface area contributed by atoms with E-state index < -0.39 is 0 Å². The van der Waals surface area contributed by atoms with Crippen LogP contribution >= 0.6 is 0 Å². The first-order valence-electron chi connectivity index (χ1n) is 5.59. The van der Waals surface area contributed by atoms with Crippen LogP contribution in [0.3, 0.4) is 0 Å². The van der Waals surface area contributed by atoms with E-state index in [2.05, 4.69) is 10.4 Å². The monoisotopic (exact) mass is 231 g/mol. The fourth-order valence-corrected chi connectivity index (χ4v) is 1.75. The summed E-state index contributed by atoms with van der Waals surface area (Å²) in [5.74, 6) is 0.297. The zero-order chi connectivity index (χ0) is 12.4. The van der Waals surface area contributed by atoms with Crippen LogP contribution < -0.4 is 5.32 Å². The van der Waals surface area contributed by atoms with Crippen molar-refractivity contribution in [2.45, 2.75) is 20.4 Å². The topological polar surface area (TPSA) is 50.1 Å². The maximum Gasteiger partial charge on any atom is 0.115 e. The molecule has 0 amide bonds. The van der Waals surface area contributed by atoms with Gasteiger partial charge in [-0.15, -0.1) is 0 Å². The van der Waals surface area contributed by atoms with Crippen LogP contribution in [0, 0.1) is 13.8 Å². The van der Waals surface area contributed by atoms with E-state index >= 15 is 0 Å². The number of aromatic hydroxyl groups is 1. The second-order valence-corrected chi connectivity index (χ2v) is 4.23. The van der Waals surface area contributed by atoms with Crippen LogP contribution in [0.15, 0.2) is 24.4 Å². The van der Waals surface area contributed by atoms with Gasteiger partial charge in [0, 0.05) is 30.5 Å². The van der Waals surface area contributed by atoms with Crippen molar-refractivity contribution in [1.82, 2.24) is 9.78 Å². The standard InChI is InChI=1S/C13H17N3O/c1-9-6-12(17)4-5-13(9)14-7-11-8-15-16(3)10(11)2/h4-6,8,14,17H,7H2,1-3H3. The molecule has 0 radical (unpaired) electrons. The normalized spacial score (nSPS) is 10.5. The molecule has 0 saturated carbocycles. The minimum Gasteiger partial charge on any atom is -0.508 e. The minimum atomic E-state index is 0.297. The first-order chi connectivity index (χ1) is 8.08. The third-order valence-corrected chi connectivity index (χ3v) is 3.02. The smallest absolute Gasteiger partial charge is 0.115 e. The summed E-state index contributed by atoms with van der Waals surface area (Å²) in [5.41, 5.74) is 4.41. The minimum absolute atomic E-state index is 0.297. The Bertz CT molecular complexity index is 531. The van der Waals surface area contributed by atoms with E-state index in [-0.39, 0.29) is 0 Å². The number of phenolic OH excluding ortho intramolecular Hbond substituents is 1. The van der Waals surface area contributed by atoms with E-state index in [1.165, 1.54) is 5.56 Å². The van der Waals surface area contributed by atoms with Gasteiger partial charge in [0.25, 0.3) is 0 Å². The van der Waals surface area contributed by atoms with Gasteiger partial charge in [0.15, 0.2) is 0 Å². The molecule has 0 unspecified atom stereocenters. The molecule has 2 N–H and O–H groups in total. The van der Waals surface area contributed by atoms with Gasteiger partial charge in [0.1, 0.15) is 5.75 Å².